The molecule has 0 unspecified atom stereocenters. The molecule has 4 rings (SSSR count). The van der Waals surface area contributed by atoms with Crippen LogP contribution in [0.25, 0.3) is 0 Å². The van der Waals surface area contributed by atoms with E-state index in [0.717, 1.165) is 22.9 Å². The molecule has 27 heavy (non-hydrogen) atoms. The van der Waals surface area contributed by atoms with Crippen LogP contribution in [0.4, 0.5) is 0 Å². The summed E-state index contributed by atoms with van der Waals surface area (Å²) in [6.45, 7) is 0. The fourth-order valence-electron chi connectivity index (χ4n) is 2.68. The van der Waals surface area contributed by atoms with Gasteiger partial charge < -0.3 is 11.3 Å². The van der Waals surface area contributed by atoms with Gasteiger partial charge in [0.05, 0.1) is 9.92 Å². The number of H-pyrrole nitrogens is 1. The molecule has 0 radical (unpaired) electrons. The third-order valence-electron chi connectivity index (χ3n) is 3.87. The summed E-state index contributed by atoms with van der Waals surface area (Å²) in [5.74, 6) is -0.345. The maximum atomic E-state index is 13.0. The molecule has 4 N–H and O–H groups in total. The van der Waals surface area contributed by atoms with Gasteiger partial charge in [0.1, 0.15) is 6.04 Å². The third kappa shape index (κ3) is 3.85. The molecule has 0 spiro atoms. The number of benzene rings is 1. The average molecular weight is 437 g/mol. The molecule has 9 heteroatoms. The van der Waals surface area contributed by atoms with Crippen LogP contribution in [0.3, 0.4) is 0 Å². The second-order valence-electron chi connectivity index (χ2n) is 5.49. The standard InChI is InChI=1S/C18H13ClN2O2S3.H3N/c19-13-3-1-2-4-14(13)26-16-17(22)20-21(18(16)23)15(11-5-7-24-9-11)12-6-8-25-10-12;/h1-10,15,23H,(H,20,22);1H3/p-1. The minimum Gasteiger partial charge on any atom is -0.858 e. The molecule has 0 fully saturated rings. The summed E-state index contributed by atoms with van der Waals surface area (Å²) in [5.41, 5.74) is 1.52. The van der Waals surface area contributed by atoms with Crippen molar-refractivity contribution < 1.29 is 5.11 Å². The molecule has 0 aliphatic heterocycles. The minimum absolute atomic E-state index is 0. The zero-order valence-corrected chi connectivity index (χ0v) is 17.1. The van der Waals surface area contributed by atoms with E-state index in [-0.39, 0.29) is 23.0 Å². The molecule has 0 atom stereocenters. The molecule has 3 aromatic heterocycles. The van der Waals surface area contributed by atoms with Crippen LogP contribution in [0.2, 0.25) is 5.02 Å². The SMILES string of the molecule is N.O=c1[nH]n(C(c2ccsc2)c2ccsc2)c([O-])c1Sc1ccccc1Cl. The molecule has 1 aromatic carbocycles. The number of nitrogens with zero attached hydrogens (tertiary/aromatic N) is 1. The van der Waals surface area contributed by atoms with Gasteiger partial charge in [0.15, 0.2) is 0 Å². The maximum absolute atomic E-state index is 13.0. The highest BCUT2D eigenvalue weighted by Crippen LogP contribution is 2.38. The second kappa shape index (κ2) is 8.37. The van der Waals surface area contributed by atoms with Crippen LogP contribution in [-0.4, -0.2) is 9.78 Å². The van der Waals surface area contributed by atoms with Crippen LogP contribution >= 0.6 is 46.0 Å². The van der Waals surface area contributed by atoms with E-state index in [1.807, 2.05) is 45.8 Å². The fraction of sp³-hybridized carbons (Fsp3) is 0.0556. The molecule has 0 amide bonds. The summed E-state index contributed by atoms with van der Waals surface area (Å²) in [6.07, 6.45) is 0. The number of aromatic nitrogens is 2. The monoisotopic (exact) mass is 436 g/mol. The molecule has 0 saturated carbocycles. The predicted molar refractivity (Wildman–Crippen MR) is 111 cm³/mol. The lowest BCUT2D eigenvalue weighted by atomic mass is 10.1. The first-order valence-electron chi connectivity index (χ1n) is 7.63. The van der Waals surface area contributed by atoms with Crippen LogP contribution in [0, 0.1) is 0 Å². The van der Waals surface area contributed by atoms with Crippen molar-refractivity contribution >= 4 is 46.0 Å². The second-order valence-corrected chi connectivity index (χ2v) is 8.51. The lowest BCUT2D eigenvalue weighted by molar-refractivity contribution is -0.284. The first-order chi connectivity index (χ1) is 12.6. The Morgan fingerprint density at radius 2 is 1.70 bits per heavy atom. The first-order valence-corrected chi connectivity index (χ1v) is 10.7. The normalized spacial score (nSPS) is 10.9. The van der Waals surface area contributed by atoms with Crippen molar-refractivity contribution in [3.63, 3.8) is 0 Å². The Kier molecular flexibility index (Phi) is 6.13. The Bertz CT molecular complexity index is 1040. The molecule has 5 nitrogen and oxygen atoms in total. The zero-order valence-electron chi connectivity index (χ0n) is 13.9. The van der Waals surface area contributed by atoms with E-state index in [1.54, 1.807) is 34.8 Å². The zero-order chi connectivity index (χ0) is 18.1. The van der Waals surface area contributed by atoms with E-state index in [2.05, 4.69) is 5.10 Å². The van der Waals surface area contributed by atoms with Crippen LogP contribution < -0.4 is 16.8 Å². The van der Waals surface area contributed by atoms with Crippen molar-refractivity contribution in [1.29, 1.82) is 0 Å². The van der Waals surface area contributed by atoms with Crippen LogP contribution in [0.5, 0.6) is 5.88 Å². The third-order valence-corrected chi connectivity index (χ3v) is 6.85. The van der Waals surface area contributed by atoms with Gasteiger partial charge in [-0.05, 0) is 56.9 Å². The van der Waals surface area contributed by atoms with Gasteiger partial charge in [-0.2, -0.15) is 22.7 Å². The smallest absolute Gasteiger partial charge is 0.277 e. The van der Waals surface area contributed by atoms with Gasteiger partial charge in [-0.25, -0.2) is 0 Å². The van der Waals surface area contributed by atoms with Gasteiger partial charge in [0.2, 0.25) is 0 Å². The Labute approximate surface area is 172 Å². The van der Waals surface area contributed by atoms with Crippen molar-refractivity contribution in [2.45, 2.75) is 15.8 Å². The Balaban J connectivity index is 0.00000210. The topological polar surface area (TPSA) is 95.8 Å². The van der Waals surface area contributed by atoms with Gasteiger partial charge in [-0.1, -0.05) is 35.5 Å². The highest BCUT2D eigenvalue weighted by molar-refractivity contribution is 7.99. The van der Waals surface area contributed by atoms with Crippen LogP contribution in [0.1, 0.15) is 17.2 Å². The average Bonchev–Trinajstić information content (AvgIpc) is 3.38. The molecule has 3 heterocycles. The van der Waals surface area contributed by atoms with E-state index in [9.17, 15) is 9.90 Å². The lowest BCUT2D eigenvalue weighted by Gasteiger charge is -2.22. The molecule has 4 aromatic rings. The van der Waals surface area contributed by atoms with Gasteiger partial charge in [-0.3, -0.25) is 14.6 Å². The number of hydrogen-bond acceptors (Lipinski definition) is 6. The van der Waals surface area contributed by atoms with E-state index >= 15 is 0 Å². The van der Waals surface area contributed by atoms with Gasteiger partial charge in [0.25, 0.3) is 5.56 Å². The molecule has 140 valence electrons. The molecule has 0 aliphatic rings. The largest absolute Gasteiger partial charge is 0.858 e. The molecule has 0 aliphatic carbocycles. The maximum Gasteiger partial charge on any atom is 0.277 e. The number of rotatable bonds is 5. The van der Waals surface area contributed by atoms with Gasteiger partial charge in [0, 0.05) is 10.8 Å². The van der Waals surface area contributed by atoms with Crippen molar-refractivity contribution in [2.24, 2.45) is 0 Å². The summed E-state index contributed by atoms with van der Waals surface area (Å²) < 4.78 is 1.41. The molecule has 0 saturated heterocycles. The fourth-order valence-corrected chi connectivity index (χ4v) is 5.14. The highest BCUT2D eigenvalue weighted by Gasteiger charge is 2.21. The Morgan fingerprint density at radius 1 is 1.07 bits per heavy atom. The van der Waals surface area contributed by atoms with Gasteiger partial charge >= 0.3 is 0 Å². The minimum atomic E-state index is -0.407. The molecular formula is C18H15ClN3O2S3-. The van der Waals surface area contributed by atoms with E-state index in [1.165, 1.54) is 4.68 Å². The van der Waals surface area contributed by atoms with E-state index < -0.39 is 5.56 Å². The van der Waals surface area contributed by atoms with E-state index in [4.69, 9.17) is 11.6 Å². The Hall–Kier alpha value is -1.97. The quantitative estimate of drug-likeness (QED) is 0.461. The summed E-state index contributed by atoms with van der Waals surface area (Å²) in [4.78, 5) is 13.3. The number of aromatic amines is 1. The summed E-state index contributed by atoms with van der Waals surface area (Å²) in [6, 6.07) is 10.7. The van der Waals surface area contributed by atoms with Gasteiger partial charge in [-0.15, -0.1) is 0 Å². The first kappa shape index (κ1) is 19.8. The number of nitrogens with one attached hydrogen (secondary N) is 1. The summed E-state index contributed by atoms with van der Waals surface area (Å²) >= 11 is 10.4. The number of thiophene rings is 2. The summed E-state index contributed by atoms with van der Waals surface area (Å²) in [5, 5.41) is 24.1. The van der Waals surface area contributed by atoms with Crippen molar-refractivity contribution in [3.05, 3.63) is 84.4 Å². The molecular weight excluding hydrogens is 422 g/mol. The van der Waals surface area contributed by atoms with E-state index in [0.29, 0.717) is 9.92 Å². The van der Waals surface area contributed by atoms with Crippen molar-refractivity contribution in [3.8, 4) is 5.88 Å². The van der Waals surface area contributed by atoms with Crippen LogP contribution in [-0.2, 0) is 0 Å². The number of halogens is 1. The lowest BCUT2D eigenvalue weighted by Crippen LogP contribution is -2.17. The highest BCUT2D eigenvalue weighted by atomic mass is 35.5. The Morgan fingerprint density at radius 3 is 2.26 bits per heavy atom. The number of hydrogen-bond donors (Lipinski definition) is 2. The van der Waals surface area contributed by atoms with Crippen LogP contribution in [0.15, 0.2) is 72.5 Å². The molecule has 0 bridgehead atoms. The predicted octanol–water partition coefficient (Wildman–Crippen LogP) is 4.98. The van der Waals surface area contributed by atoms with Crippen molar-refractivity contribution in [1.82, 2.24) is 15.9 Å². The van der Waals surface area contributed by atoms with Crippen molar-refractivity contribution in [2.75, 3.05) is 0 Å². The summed E-state index contributed by atoms with van der Waals surface area (Å²) in [7, 11) is 0.